The van der Waals surface area contributed by atoms with Gasteiger partial charge in [0.15, 0.2) is 0 Å². The average molecular weight is 283 g/mol. The Morgan fingerprint density at radius 3 is 2.15 bits per heavy atom. The first-order valence-corrected chi connectivity index (χ1v) is 7.19. The maximum atomic E-state index is 12.2. The zero-order valence-corrected chi connectivity index (χ0v) is 11.5. The maximum absolute atomic E-state index is 12.2. The molecule has 0 saturated carbocycles. The Morgan fingerprint density at radius 2 is 1.60 bits per heavy atom. The van der Waals surface area contributed by atoms with Crippen molar-refractivity contribution in [2.75, 3.05) is 59.0 Å². The van der Waals surface area contributed by atoms with Gasteiger partial charge in [0.2, 0.25) is 5.91 Å². The lowest BCUT2D eigenvalue weighted by molar-refractivity contribution is -0.136. The Hall–Kier alpha value is -1.34. The van der Waals surface area contributed by atoms with Gasteiger partial charge in [-0.3, -0.25) is 9.69 Å². The van der Waals surface area contributed by atoms with E-state index in [0.717, 1.165) is 13.1 Å². The van der Waals surface area contributed by atoms with Crippen molar-refractivity contribution in [1.29, 1.82) is 0 Å². The Bertz CT molecular complexity index is 383. The smallest absolute Gasteiger partial charge is 0.407 e. The van der Waals surface area contributed by atoms with Crippen molar-refractivity contribution in [2.45, 2.75) is 0 Å². The minimum Gasteiger partial charge on any atom is -0.465 e. The molecule has 20 heavy (non-hydrogen) atoms. The number of carboxylic acid groups (broad SMARTS) is 1. The van der Waals surface area contributed by atoms with Crippen LogP contribution < -0.4 is 0 Å². The molecule has 0 aliphatic carbocycles. The summed E-state index contributed by atoms with van der Waals surface area (Å²) < 4.78 is 5.25. The number of carbonyl (C=O) groups is 2. The van der Waals surface area contributed by atoms with Crippen LogP contribution in [0.2, 0.25) is 0 Å². The third kappa shape index (κ3) is 2.73. The number of amides is 2. The summed E-state index contributed by atoms with van der Waals surface area (Å²) >= 11 is 0. The average Bonchev–Trinajstić information content (AvgIpc) is 2.97. The van der Waals surface area contributed by atoms with Crippen LogP contribution in [0.3, 0.4) is 0 Å². The van der Waals surface area contributed by atoms with E-state index in [0.29, 0.717) is 57.8 Å². The van der Waals surface area contributed by atoms with E-state index >= 15 is 0 Å². The fourth-order valence-electron chi connectivity index (χ4n) is 3.48. The second-order valence-corrected chi connectivity index (χ2v) is 5.89. The van der Waals surface area contributed by atoms with Gasteiger partial charge in [-0.2, -0.15) is 0 Å². The zero-order chi connectivity index (χ0) is 14.1. The molecule has 3 saturated heterocycles. The van der Waals surface area contributed by atoms with Crippen LogP contribution >= 0.6 is 0 Å². The van der Waals surface area contributed by atoms with Crippen molar-refractivity contribution in [2.24, 2.45) is 11.8 Å². The third-order valence-corrected chi connectivity index (χ3v) is 4.56. The van der Waals surface area contributed by atoms with Crippen LogP contribution in [-0.2, 0) is 9.53 Å². The quantitative estimate of drug-likeness (QED) is 0.731. The highest BCUT2D eigenvalue weighted by Gasteiger charge is 2.42. The fourth-order valence-corrected chi connectivity index (χ4v) is 3.48. The van der Waals surface area contributed by atoms with Gasteiger partial charge in [-0.15, -0.1) is 0 Å². The summed E-state index contributed by atoms with van der Waals surface area (Å²) in [6.45, 7) is 5.99. The molecule has 2 amide bonds. The highest BCUT2D eigenvalue weighted by Crippen LogP contribution is 2.30. The van der Waals surface area contributed by atoms with E-state index < -0.39 is 6.09 Å². The molecule has 0 bridgehead atoms. The van der Waals surface area contributed by atoms with Crippen molar-refractivity contribution in [3.63, 3.8) is 0 Å². The van der Waals surface area contributed by atoms with E-state index in [1.165, 1.54) is 4.90 Å². The molecule has 3 fully saturated rings. The topological polar surface area (TPSA) is 73.3 Å². The molecule has 112 valence electrons. The summed E-state index contributed by atoms with van der Waals surface area (Å²) in [6.07, 6.45) is -0.824. The van der Waals surface area contributed by atoms with Crippen LogP contribution in [0.4, 0.5) is 4.79 Å². The minimum absolute atomic E-state index is 0.170. The molecule has 0 spiro atoms. The van der Waals surface area contributed by atoms with Crippen molar-refractivity contribution >= 4 is 12.0 Å². The molecule has 3 aliphatic heterocycles. The van der Waals surface area contributed by atoms with Crippen LogP contribution in [0.1, 0.15) is 0 Å². The predicted octanol–water partition coefficient (Wildman–Crippen LogP) is -0.613. The summed E-state index contributed by atoms with van der Waals surface area (Å²) in [5.74, 6) is 0.954. The van der Waals surface area contributed by atoms with Gasteiger partial charge < -0.3 is 19.6 Å². The monoisotopic (exact) mass is 283 g/mol. The normalized spacial score (nSPS) is 30.6. The number of rotatable bonds is 2. The maximum Gasteiger partial charge on any atom is 0.407 e. The van der Waals surface area contributed by atoms with Crippen LogP contribution in [0.5, 0.6) is 0 Å². The van der Waals surface area contributed by atoms with Gasteiger partial charge >= 0.3 is 6.09 Å². The van der Waals surface area contributed by atoms with Gasteiger partial charge in [-0.25, -0.2) is 4.79 Å². The molecule has 0 aromatic rings. The Labute approximate surface area is 118 Å². The van der Waals surface area contributed by atoms with Gasteiger partial charge in [-0.05, 0) is 11.8 Å². The lowest BCUT2D eigenvalue weighted by Crippen LogP contribution is -2.45. The number of hydrogen-bond acceptors (Lipinski definition) is 4. The van der Waals surface area contributed by atoms with Crippen LogP contribution in [-0.4, -0.2) is 90.8 Å². The second-order valence-electron chi connectivity index (χ2n) is 5.89. The molecule has 1 N–H and O–H groups in total. The third-order valence-electron chi connectivity index (χ3n) is 4.56. The van der Waals surface area contributed by atoms with E-state index in [1.807, 2.05) is 4.90 Å². The van der Waals surface area contributed by atoms with Crippen molar-refractivity contribution < 1.29 is 19.4 Å². The van der Waals surface area contributed by atoms with Crippen LogP contribution in [0, 0.1) is 11.8 Å². The number of morpholine rings is 1. The summed E-state index contributed by atoms with van der Waals surface area (Å²) in [5, 5.41) is 8.99. The summed E-state index contributed by atoms with van der Waals surface area (Å²) in [7, 11) is 0. The molecular formula is C13H21N3O4. The molecule has 0 aromatic heterocycles. The highest BCUT2D eigenvalue weighted by molar-refractivity contribution is 5.78. The van der Waals surface area contributed by atoms with Crippen LogP contribution in [0.15, 0.2) is 0 Å². The fraction of sp³-hybridized carbons (Fsp3) is 0.846. The van der Waals surface area contributed by atoms with Gasteiger partial charge in [0.1, 0.15) is 0 Å². The lowest BCUT2D eigenvalue weighted by atomic mass is 10.0. The predicted molar refractivity (Wildman–Crippen MR) is 70.4 cm³/mol. The van der Waals surface area contributed by atoms with E-state index in [4.69, 9.17) is 9.84 Å². The number of likely N-dealkylation sites (tertiary alicyclic amines) is 2. The Morgan fingerprint density at radius 1 is 1.00 bits per heavy atom. The van der Waals surface area contributed by atoms with E-state index in [2.05, 4.69) is 4.90 Å². The zero-order valence-electron chi connectivity index (χ0n) is 11.5. The van der Waals surface area contributed by atoms with Gasteiger partial charge in [0, 0.05) is 39.3 Å². The summed E-state index contributed by atoms with van der Waals surface area (Å²) in [4.78, 5) is 28.6. The minimum atomic E-state index is -0.824. The SMILES string of the molecule is O=C(O)N1C[C@H]2CN(CC(=O)N3CCOCC3)C[C@H]2C1. The molecule has 7 nitrogen and oxygen atoms in total. The molecule has 3 aliphatic rings. The lowest BCUT2D eigenvalue weighted by Gasteiger charge is -2.29. The first-order valence-electron chi connectivity index (χ1n) is 7.19. The van der Waals surface area contributed by atoms with E-state index in [9.17, 15) is 9.59 Å². The Kier molecular flexibility index (Phi) is 3.80. The molecular weight excluding hydrogens is 262 g/mol. The molecule has 0 radical (unpaired) electrons. The van der Waals surface area contributed by atoms with Crippen LogP contribution in [0.25, 0.3) is 0 Å². The first kappa shape index (κ1) is 13.6. The highest BCUT2D eigenvalue weighted by atomic mass is 16.5. The molecule has 0 unspecified atom stereocenters. The number of hydrogen-bond donors (Lipinski definition) is 1. The van der Waals surface area contributed by atoms with Gasteiger partial charge in [-0.1, -0.05) is 0 Å². The molecule has 7 heteroatoms. The number of nitrogens with zero attached hydrogens (tertiary/aromatic N) is 3. The molecule has 3 heterocycles. The number of fused-ring (bicyclic) bond motifs is 1. The molecule has 3 rings (SSSR count). The van der Waals surface area contributed by atoms with Crippen molar-refractivity contribution in [3.8, 4) is 0 Å². The number of ether oxygens (including phenoxy) is 1. The second kappa shape index (κ2) is 5.57. The summed E-state index contributed by atoms with van der Waals surface area (Å²) in [5.41, 5.74) is 0. The Balaban J connectivity index is 1.47. The standard InChI is InChI=1S/C13H21N3O4/c17-12(15-1-3-20-4-2-15)9-14-5-10-7-16(13(18)19)8-11(10)6-14/h10-11H,1-9H2,(H,18,19)/t10-,11+. The van der Waals surface area contributed by atoms with Gasteiger partial charge in [0.25, 0.3) is 0 Å². The van der Waals surface area contributed by atoms with E-state index in [-0.39, 0.29) is 5.91 Å². The largest absolute Gasteiger partial charge is 0.465 e. The van der Waals surface area contributed by atoms with Crippen molar-refractivity contribution in [1.82, 2.24) is 14.7 Å². The van der Waals surface area contributed by atoms with E-state index in [1.54, 1.807) is 0 Å². The van der Waals surface area contributed by atoms with Gasteiger partial charge in [0.05, 0.1) is 19.8 Å². The first-order chi connectivity index (χ1) is 9.63. The van der Waals surface area contributed by atoms with Crippen molar-refractivity contribution in [3.05, 3.63) is 0 Å². The summed E-state index contributed by atoms with van der Waals surface area (Å²) in [6, 6.07) is 0. The molecule has 0 aromatic carbocycles. The number of carbonyl (C=O) groups excluding carboxylic acids is 1. The molecule has 2 atom stereocenters.